The molecule has 0 saturated heterocycles. The fourth-order valence-corrected chi connectivity index (χ4v) is 3.29. The van der Waals surface area contributed by atoms with E-state index < -0.39 is 0 Å². The molecule has 0 amide bonds. The Balaban J connectivity index is 0.00000196. The number of hydrogen-bond donors (Lipinski definition) is 0. The summed E-state index contributed by atoms with van der Waals surface area (Å²) in [6.07, 6.45) is 0.806. The van der Waals surface area contributed by atoms with Crippen LogP contribution < -0.4 is 56.1 Å². The van der Waals surface area contributed by atoms with Gasteiger partial charge in [-0.1, -0.05) is 0 Å². The summed E-state index contributed by atoms with van der Waals surface area (Å²) in [4.78, 5) is 0. The van der Waals surface area contributed by atoms with Gasteiger partial charge in [0.25, 0.3) is 0 Å². The molecule has 1 aromatic carbocycles. The summed E-state index contributed by atoms with van der Waals surface area (Å²) in [6, 6.07) is 2.16. The molecule has 0 N–H and O–H groups in total. The molecule has 0 aliphatic heterocycles. The fourth-order valence-electron chi connectivity index (χ4n) is 1.16. The maximum Gasteiger partial charge on any atom is 1.00 e. The number of ether oxygens (including phenoxy) is 1. The molecular weight excluding hydrogens is 441 g/mol. The Morgan fingerprint density at radius 2 is 1.93 bits per heavy atom. The van der Waals surface area contributed by atoms with Gasteiger partial charge >= 0.3 is 51.4 Å². The summed E-state index contributed by atoms with van der Waals surface area (Å²) in [7, 11) is 0. The number of hydrogen-bond acceptors (Lipinski definition) is 1. The van der Waals surface area contributed by atoms with Crippen molar-refractivity contribution in [1.82, 2.24) is 0 Å². The van der Waals surface area contributed by atoms with Crippen LogP contribution in [-0.4, -0.2) is 6.61 Å². The molecule has 1 nitrogen and oxygen atoms in total. The molecule has 15 heavy (non-hydrogen) atoms. The van der Waals surface area contributed by atoms with E-state index in [1.54, 1.807) is 0 Å². The first-order chi connectivity index (χ1) is 6.57. The number of aryl methyl sites for hydroxylation is 1. The summed E-state index contributed by atoms with van der Waals surface area (Å²) in [6.45, 7) is 8.67. The zero-order chi connectivity index (χ0) is 10.7. The number of rotatable bonds is 3. The van der Waals surface area contributed by atoms with Gasteiger partial charge in [0.1, 0.15) is 5.75 Å². The first kappa shape index (κ1) is 17.1. The largest absolute Gasteiger partial charge is 1.00 e. The molecule has 0 aliphatic rings. The third-order valence-electron chi connectivity index (χ3n) is 1.98. The first-order valence-electron chi connectivity index (χ1n) is 4.45. The van der Waals surface area contributed by atoms with Crippen molar-refractivity contribution in [2.75, 3.05) is 6.61 Å². The maximum absolute atomic E-state index is 5.68. The van der Waals surface area contributed by atoms with Crippen molar-refractivity contribution < 1.29 is 56.1 Å². The van der Waals surface area contributed by atoms with Crippen LogP contribution in [0.1, 0.15) is 17.5 Å². The van der Waals surface area contributed by atoms with Crippen LogP contribution in [0.5, 0.6) is 5.75 Å². The van der Waals surface area contributed by atoms with E-state index >= 15 is 0 Å². The maximum atomic E-state index is 5.68. The van der Waals surface area contributed by atoms with Gasteiger partial charge in [-0.25, -0.2) is 0 Å². The molecule has 1 rings (SSSR count). The second kappa shape index (κ2) is 8.26. The number of benzene rings is 1. The average molecular weight is 454 g/mol. The van der Waals surface area contributed by atoms with Crippen molar-refractivity contribution in [3.05, 3.63) is 31.3 Å². The second-order valence-electron chi connectivity index (χ2n) is 3.15. The van der Waals surface area contributed by atoms with Crippen molar-refractivity contribution in [2.24, 2.45) is 0 Å². The van der Waals surface area contributed by atoms with Gasteiger partial charge in [0.05, 0.1) is 10.2 Å². The van der Waals surface area contributed by atoms with E-state index in [2.05, 4.69) is 72.0 Å². The summed E-state index contributed by atoms with van der Waals surface area (Å²) in [5.41, 5.74) is 2.51. The van der Waals surface area contributed by atoms with Crippen LogP contribution in [0, 0.1) is 27.9 Å². The van der Waals surface area contributed by atoms with Gasteiger partial charge in [-0.15, -0.1) is 6.42 Å². The second-order valence-corrected chi connectivity index (χ2v) is 5.39. The third-order valence-corrected chi connectivity index (χ3v) is 4.40. The fraction of sp³-hybridized carbons (Fsp3) is 0.364. The Morgan fingerprint density at radius 3 is 2.47 bits per heavy atom. The third kappa shape index (κ3) is 4.71. The number of halogens is 2. The van der Waals surface area contributed by atoms with Gasteiger partial charge in [0, 0.05) is 3.57 Å². The van der Waals surface area contributed by atoms with Crippen LogP contribution in [0.25, 0.3) is 0 Å². The van der Waals surface area contributed by atoms with Crippen LogP contribution in [0.2, 0.25) is 0 Å². The molecule has 0 heterocycles. The normalized spacial score (nSPS) is 9.67. The molecule has 0 spiro atoms. The summed E-state index contributed by atoms with van der Waals surface area (Å²) in [5, 5.41) is 0. The minimum absolute atomic E-state index is 0. The Morgan fingerprint density at radius 1 is 1.33 bits per heavy atom. The van der Waals surface area contributed by atoms with E-state index in [9.17, 15) is 0 Å². The molecule has 0 saturated carbocycles. The van der Waals surface area contributed by atoms with Crippen molar-refractivity contribution in [3.63, 3.8) is 0 Å². The van der Waals surface area contributed by atoms with Crippen LogP contribution in [0.3, 0.4) is 0 Å². The quantitative estimate of drug-likeness (QED) is 0.378. The van der Waals surface area contributed by atoms with E-state index in [-0.39, 0.29) is 51.4 Å². The molecule has 0 aliphatic carbocycles. The molecule has 4 heteroatoms. The predicted octanol–water partition coefficient (Wildman–Crippen LogP) is 1.12. The average Bonchev–Trinajstić information content (AvgIpc) is 2.14. The van der Waals surface area contributed by atoms with E-state index in [4.69, 9.17) is 4.74 Å². The standard InChI is InChI=1S/C11H13I2O.K/c1-4-5-14-11-7(2)6-9(12)8(3)10(11)13;/h6H,1,4-5H2,2-3H3;/q-1;+1. The van der Waals surface area contributed by atoms with Crippen LogP contribution in [-0.2, 0) is 0 Å². The molecule has 1 aromatic rings. The SMILES string of the molecule is [CH2-]CCOc1c(C)cc(I)c(C)c1I.[K+]. The molecule has 0 atom stereocenters. The van der Waals surface area contributed by atoms with Gasteiger partial charge in [-0.3, -0.25) is 0 Å². The van der Waals surface area contributed by atoms with Crippen molar-refractivity contribution >= 4 is 45.2 Å². The van der Waals surface area contributed by atoms with Crippen molar-refractivity contribution in [1.29, 1.82) is 0 Å². The van der Waals surface area contributed by atoms with Gasteiger partial charge < -0.3 is 11.7 Å². The zero-order valence-electron chi connectivity index (χ0n) is 9.36. The first-order valence-corrected chi connectivity index (χ1v) is 6.61. The molecule has 0 radical (unpaired) electrons. The molecular formula is C11H13I2KO. The minimum Gasteiger partial charge on any atom is -0.495 e. The van der Waals surface area contributed by atoms with Crippen molar-refractivity contribution in [2.45, 2.75) is 20.3 Å². The molecule has 0 fully saturated rings. The van der Waals surface area contributed by atoms with Gasteiger partial charge in [-0.05, 0) is 76.2 Å². The van der Waals surface area contributed by atoms with E-state index in [0.717, 1.165) is 12.2 Å². The Labute approximate surface area is 162 Å². The summed E-state index contributed by atoms with van der Waals surface area (Å²) < 4.78 is 8.20. The Kier molecular flexibility index (Phi) is 9.42. The topological polar surface area (TPSA) is 9.23 Å². The molecule has 0 bridgehead atoms. The Bertz CT molecular complexity index is 340. The molecule has 78 valence electrons. The Hall–Kier alpha value is 2.12. The van der Waals surface area contributed by atoms with E-state index in [0.29, 0.717) is 6.61 Å². The van der Waals surface area contributed by atoms with Gasteiger partial charge in [0.2, 0.25) is 0 Å². The van der Waals surface area contributed by atoms with Gasteiger partial charge in [-0.2, -0.15) is 0 Å². The zero-order valence-corrected chi connectivity index (χ0v) is 16.8. The van der Waals surface area contributed by atoms with E-state index in [1.807, 2.05) is 0 Å². The minimum atomic E-state index is 0. The molecule has 0 aromatic heterocycles. The molecule has 0 unspecified atom stereocenters. The van der Waals surface area contributed by atoms with Crippen LogP contribution >= 0.6 is 45.2 Å². The summed E-state index contributed by atoms with van der Waals surface area (Å²) >= 11 is 4.70. The van der Waals surface area contributed by atoms with Gasteiger partial charge in [0.15, 0.2) is 0 Å². The van der Waals surface area contributed by atoms with Crippen molar-refractivity contribution in [3.8, 4) is 5.75 Å². The monoisotopic (exact) mass is 454 g/mol. The van der Waals surface area contributed by atoms with Crippen LogP contribution in [0.4, 0.5) is 0 Å². The van der Waals surface area contributed by atoms with Crippen LogP contribution in [0.15, 0.2) is 6.07 Å². The van der Waals surface area contributed by atoms with E-state index in [1.165, 1.54) is 18.3 Å². The smallest absolute Gasteiger partial charge is 0.495 e. The predicted molar refractivity (Wildman–Crippen MR) is 76.8 cm³/mol. The summed E-state index contributed by atoms with van der Waals surface area (Å²) in [5.74, 6) is 1.02.